The lowest BCUT2D eigenvalue weighted by molar-refractivity contribution is 0.230. The van der Waals surface area contributed by atoms with Crippen LogP contribution in [0.4, 0.5) is 5.82 Å². The number of anilines is 1. The lowest BCUT2D eigenvalue weighted by atomic mass is 10.1. The number of hydrogen-bond acceptors (Lipinski definition) is 4. The first kappa shape index (κ1) is 11.2. The Bertz CT molecular complexity index is 403. The molecule has 0 N–H and O–H groups in total. The van der Waals surface area contributed by atoms with Crippen LogP contribution in [0.2, 0.25) is 5.28 Å². The molecule has 2 aliphatic rings. The van der Waals surface area contributed by atoms with Crippen molar-refractivity contribution in [1.82, 2.24) is 14.9 Å². The first-order valence-corrected chi connectivity index (χ1v) is 6.60. The number of halogens is 1. The van der Waals surface area contributed by atoms with Crippen LogP contribution in [0.25, 0.3) is 0 Å². The van der Waals surface area contributed by atoms with Gasteiger partial charge in [-0.1, -0.05) is 0 Å². The first-order chi connectivity index (χ1) is 8.22. The zero-order valence-corrected chi connectivity index (χ0v) is 10.8. The SMILES string of the molecule is Cc1cc(N2CCN3CCCC3C2)nc(Cl)n1. The molecule has 0 bridgehead atoms. The Kier molecular flexibility index (Phi) is 2.92. The van der Waals surface area contributed by atoms with Crippen molar-refractivity contribution in [2.75, 3.05) is 31.1 Å². The predicted molar refractivity (Wildman–Crippen MR) is 68.6 cm³/mol. The largest absolute Gasteiger partial charge is 0.354 e. The smallest absolute Gasteiger partial charge is 0.224 e. The quantitative estimate of drug-likeness (QED) is 0.713. The van der Waals surface area contributed by atoms with E-state index < -0.39 is 0 Å². The molecule has 0 saturated carbocycles. The van der Waals surface area contributed by atoms with E-state index in [1.807, 2.05) is 13.0 Å². The van der Waals surface area contributed by atoms with E-state index in [4.69, 9.17) is 11.6 Å². The highest BCUT2D eigenvalue weighted by Gasteiger charge is 2.31. The standard InChI is InChI=1S/C12H17ClN4/c1-9-7-11(15-12(13)14-9)17-6-5-16-4-2-3-10(16)8-17/h7,10H,2-6,8H2,1H3. The minimum atomic E-state index is 0.355. The molecule has 0 amide bonds. The second-order valence-corrected chi connectivity index (χ2v) is 5.25. The predicted octanol–water partition coefficient (Wildman–Crippen LogP) is 1.72. The molecule has 2 saturated heterocycles. The second-order valence-electron chi connectivity index (χ2n) is 4.91. The van der Waals surface area contributed by atoms with Crippen LogP contribution < -0.4 is 4.90 Å². The van der Waals surface area contributed by atoms with E-state index in [-0.39, 0.29) is 0 Å². The maximum absolute atomic E-state index is 5.92. The molecule has 1 aromatic rings. The van der Waals surface area contributed by atoms with Crippen LogP contribution in [0.5, 0.6) is 0 Å². The van der Waals surface area contributed by atoms with E-state index in [0.29, 0.717) is 11.3 Å². The van der Waals surface area contributed by atoms with Gasteiger partial charge < -0.3 is 4.90 Å². The third-order valence-electron chi connectivity index (χ3n) is 3.72. The van der Waals surface area contributed by atoms with E-state index in [1.54, 1.807) is 0 Å². The zero-order chi connectivity index (χ0) is 11.8. The Hall–Kier alpha value is -0.870. The Labute approximate surface area is 107 Å². The summed E-state index contributed by atoms with van der Waals surface area (Å²) in [6.45, 7) is 6.49. The number of rotatable bonds is 1. The van der Waals surface area contributed by atoms with E-state index in [9.17, 15) is 0 Å². The topological polar surface area (TPSA) is 32.3 Å². The van der Waals surface area contributed by atoms with Gasteiger partial charge in [-0.3, -0.25) is 4.90 Å². The molecule has 2 fully saturated rings. The number of hydrogen-bond donors (Lipinski definition) is 0. The van der Waals surface area contributed by atoms with E-state index in [0.717, 1.165) is 31.1 Å². The normalized spacial score (nSPS) is 25.1. The van der Waals surface area contributed by atoms with Crippen LogP contribution >= 0.6 is 11.6 Å². The molecule has 4 nitrogen and oxygen atoms in total. The molecule has 1 unspecified atom stereocenters. The fourth-order valence-corrected chi connectivity index (χ4v) is 3.10. The van der Waals surface area contributed by atoms with Crippen molar-refractivity contribution in [3.63, 3.8) is 0 Å². The van der Waals surface area contributed by atoms with Crippen LogP contribution in [0, 0.1) is 6.92 Å². The highest BCUT2D eigenvalue weighted by Crippen LogP contribution is 2.25. The lowest BCUT2D eigenvalue weighted by Gasteiger charge is -2.38. The fraction of sp³-hybridized carbons (Fsp3) is 0.667. The van der Waals surface area contributed by atoms with Gasteiger partial charge in [0.05, 0.1) is 0 Å². The highest BCUT2D eigenvalue weighted by atomic mass is 35.5. The second kappa shape index (κ2) is 4.42. The minimum Gasteiger partial charge on any atom is -0.354 e. The van der Waals surface area contributed by atoms with Gasteiger partial charge in [0.15, 0.2) is 0 Å². The van der Waals surface area contributed by atoms with Crippen molar-refractivity contribution in [1.29, 1.82) is 0 Å². The summed E-state index contributed by atoms with van der Waals surface area (Å²) in [5.74, 6) is 0.981. The molecular formula is C12H17ClN4. The van der Waals surface area contributed by atoms with Crippen LogP contribution in [-0.2, 0) is 0 Å². The summed E-state index contributed by atoms with van der Waals surface area (Å²) in [5.41, 5.74) is 0.939. The molecule has 0 radical (unpaired) electrons. The molecule has 1 atom stereocenters. The fourth-order valence-electron chi connectivity index (χ4n) is 2.88. The summed E-state index contributed by atoms with van der Waals surface area (Å²) in [6.07, 6.45) is 2.65. The molecule has 0 aromatic carbocycles. The molecule has 3 heterocycles. The third kappa shape index (κ3) is 2.24. The Morgan fingerprint density at radius 1 is 1.29 bits per heavy atom. The van der Waals surface area contributed by atoms with Gasteiger partial charge in [0, 0.05) is 37.4 Å². The molecular weight excluding hydrogens is 236 g/mol. The summed E-state index contributed by atoms with van der Waals surface area (Å²) in [5, 5.41) is 0.355. The Balaban J connectivity index is 1.80. The van der Waals surface area contributed by atoms with Crippen molar-refractivity contribution < 1.29 is 0 Å². The van der Waals surface area contributed by atoms with Crippen LogP contribution in [0.3, 0.4) is 0 Å². The van der Waals surface area contributed by atoms with Crippen molar-refractivity contribution in [3.8, 4) is 0 Å². The van der Waals surface area contributed by atoms with Gasteiger partial charge in [0.25, 0.3) is 0 Å². The summed E-state index contributed by atoms with van der Waals surface area (Å²) in [4.78, 5) is 13.4. The summed E-state index contributed by atoms with van der Waals surface area (Å²) >= 11 is 5.92. The van der Waals surface area contributed by atoms with Gasteiger partial charge >= 0.3 is 0 Å². The summed E-state index contributed by atoms with van der Waals surface area (Å²) < 4.78 is 0. The lowest BCUT2D eigenvalue weighted by Crippen LogP contribution is -2.50. The summed E-state index contributed by atoms with van der Waals surface area (Å²) in [6, 6.07) is 2.73. The van der Waals surface area contributed by atoms with Crippen LogP contribution in [0.1, 0.15) is 18.5 Å². The van der Waals surface area contributed by atoms with Crippen molar-refractivity contribution in [2.45, 2.75) is 25.8 Å². The maximum atomic E-state index is 5.92. The highest BCUT2D eigenvalue weighted by molar-refractivity contribution is 6.28. The average molecular weight is 253 g/mol. The van der Waals surface area contributed by atoms with Gasteiger partial charge in [-0.25, -0.2) is 9.97 Å². The van der Waals surface area contributed by atoms with Crippen LogP contribution in [0.15, 0.2) is 6.07 Å². The van der Waals surface area contributed by atoms with E-state index in [2.05, 4.69) is 19.8 Å². The molecule has 1 aromatic heterocycles. The molecule has 0 spiro atoms. The van der Waals surface area contributed by atoms with Crippen LogP contribution in [-0.4, -0.2) is 47.1 Å². The van der Waals surface area contributed by atoms with Gasteiger partial charge in [0.1, 0.15) is 5.82 Å². The van der Waals surface area contributed by atoms with Gasteiger partial charge in [0.2, 0.25) is 5.28 Å². The molecule has 92 valence electrons. The molecule has 17 heavy (non-hydrogen) atoms. The first-order valence-electron chi connectivity index (χ1n) is 6.22. The third-order valence-corrected chi connectivity index (χ3v) is 3.89. The van der Waals surface area contributed by atoms with Crippen molar-refractivity contribution in [2.24, 2.45) is 0 Å². The number of aromatic nitrogens is 2. The molecule has 2 aliphatic heterocycles. The van der Waals surface area contributed by atoms with Gasteiger partial charge in [-0.2, -0.15) is 0 Å². The number of fused-ring (bicyclic) bond motifs is 1. The van der Waals surface area contributed by atoms with E-state index >= 15 is 0 Å². The van der Waals surface area contributed by atoms with Crippen molar-refractivity contribution >= 4 is 17.4 Å². The molecule has 3 rings (SSSR count). The van der Waals surface area contributed by atoms with E-state index in [1.165, 1.54) is 19.4 Å². The monoisotopic (exact) mass is 252 g/mol. The number of aryl methyl sites for hydroxylation is 1. The minimum absolute atomic E-state index is 0.355. The Morgan fingerprint density at radius 2 is 2.18 bits per heavy atom. The number of piperazine rings is 1. The molecule has 5 heteroatoms. The maximum Gasteiger partial charge on any atom is 0.224 e. The molecule has 0 aliphatic carbocycles. The van der Waals surface area contributed by atoms with Gasteiger partial charge in [-0.05, 0) is 37.9 Å². The van der Waals surface area contributed by atoms with Gasteiger partial charge in [-0.15, -0.1) is 0 Å². The average Bonchev–Trinajstić information content (AvgIpc) is 2.74. The number of nitrogens with zero attached hydrogens (tertiary/aromatic N) is 4. The van der Waals surface area contributed by atoms with Crippen molar-refractivity contribution in [3.05, 3.63) is 17.0 Å². The Morgan fingerprint density at radius 3 is 3.00 bits per heavy atom. The zero-order valence-electron chi connectivity index (χ0n) is 10.1. The summed E-state index contributed by atoms with van der Waals surface area (Å²) in [7, 11) is 0.